The van der Waals surface area contributed by atoms with E-state index < -0.39 is 0 Å². The molecule has 1 unspecified atom stereocenters. The van der Waals surface area contributed by atoms with Gasteiger partial charge >= 0.3 is 6.03 Å². The topological polar surface area (TPSA) is 55.3 Å². The van der Waals surface area contributed by atoms with E-state index in [0.717, 1.165) is 34.8 Å². The summed E-state index contributed by atoms with van der Waals surface area (Å²) in [6.07, 6.45) is 0.912. The first-order valence-corrected chi connectivity index (χ1v) is 8.33. The van der Waals surface area contributed by atoms with E-state index in [2.05, 4.69) is 35.1 Å². The van der Waals surface area contributed by atoms with E-state index in [1.165, 1.54) is 0 Å². The summed E-state index contributed by atoms with van der Waals surface area (Å²) in [5, 5.41) is 5.84. The third-order valence-corrected chi connectivity index (χ3v) is 4.29. The molecule has 2 rings (SSSR count). The highest BCUT2D eigenvalue weighted by atomic mass is 16.5. The molecule has 0 fully saturated rings. The molecule has 24 heavy (non-hydrogen) atoms. The minimum Gasteiger partial charge on any atom is -0.495 e. The van der Waals surface area contributed by atoms with Gasteiger partial charge in [-0.3, -0.25) is 0 Å². The summed E-state index contributed by atoms with van der Waals surface area (Å²) in [6, 6.07) is 10.1. The van der Waals surface area contributed by atoms with E-state index in [0.29, 0.717) is 6.54 Å². The van der Waals surface area contributed by atoms with Gasteiger partial charge in [-0.1, -0.05) is 19.1 Å². The smallest absolute Gasteiger partial charge is 0.315 e. The van der Waals surface area contributed by atoms with Gasteiger partial charge in [0.2, 0.25) is 0 Å². The van der Waals surface area contributed by atoms with Crippen LogP contribution in [0, 0.1) is 13.8 Å². The molecule has 2 amide bonds. The number of hydrogen-bond acceptors (Lipinski definition) is 2. The molecule has 1 atom stereocenters. The number of nitrogens with one attached hydrogen (secondary N) is 2. The Bertz CT molecular complexity index is 707. The second kappa shape index (κ2) is 7.90. The summed E-state index contributed by atoms with van der Waals surface area (Å²) >= 11 is 0. The third kappa shape index (κ3) is 3.91. The summed E-state index contributed by atoms with van der Waals surface area (Å²) in [5.74, 6) is 0.827. The normalized spacial score (nSPS) is 11.9. The summed E-state index contributed by atoms with van der Waals surface area (Å²) < 4.78 is 7.63. The quantitative estimate of drug-likeness (QED) is 0.849. The number of benzene rings is 1. The molecule has 1 aromatic carbocycles. The van der Waals surface area contributed by atoms with Gasteiger partial charge in [-0.05, 0) is 51.0 Å². The lowest BCUT2D eigenvalue weighted by Gasteiger charge is -2.14. The van der Waals surface area contributed by atoms with E-state index in [1.807, 2.05) is 38.1 Å². The van der Waals surface area contributed by atoms with Gasteiger partial charge in [0.05, 0.1) is 12.8 Å². The zero-order valence-corrected chi connectivity index (χ0v) is 15.1. The van der Waals surface area contributed by atoms with Crippen molar-refractivity contribution >= 4 is 6.03 Å². The average Bonchev–Trinajstić information content (AvgIpc) is 2.86. The van der Waals surface area contributed by atoms with Gasteiger partial charge in [0, 0.05) is 24.0 Å². The zero-order valence-electron chi connectivity index (χ0n) is 15.1. The Labute approximate surface area is 144 Å². The molecule has 5 nitrogen and oxygen atoms in total. The van der Waals surface area contributed by atoms with Crippen LogP contribution in [0.1, 0.15) is 37.2 Å². The number of carbonyl (C=O) groups excluding carboxylic acids is 1. The first-order chi connectivity index (χ1) is 11.5. The van der Waals surface area contributed by atoms with Crippen molar-refractivity contribution in [2.45, 2.75) is 46.7 Å². The highest BCUT2D eigenvalue weighted by Gasteiger charge is 2.14. The van der Waals surface area contributed by atoms with Crippen molar-refractivity contribution in [3.63, 3.8) is 0 Å². The first-order valence-electron chi connectivity index (χ1n) is 8.33. The third-order valence-electron chi connectivity index (χ3n) is 4.29. The monoisotopic (exact) mass is 329 g/mol. The lowest BCUT2D eigenvalue weighted by Crippen LogP contribution is -2.40. The number of nitrogens with zero attached hydrogens (tertiary/aromatic N) is 1. The largest absolute Gasteiger partial charge is 0.495 e. The van der Waals surface area contributed by atoms with E-state index in [9.17, 15) is 4.79 Å². The predicted octanol–water partition coefficient (Wildman–Crippen LogP) is 3.70. The molecular formula is C19H27N3O2. The van der Waals surface area contributed by atoms with Crippen LogP contribution in [0.4, 0.5) is 4.79 Å². The molecule has 0 spiro atoms. The fraction of sp³-hybridized carbons (Fsp3) is 0.421. The predicted molar refractivity (Wildman–Crippen MR) is 96.9 cm³/mol. The molecule has 0 bridgehead atoms. The SMILES string of the molecule is CCC(C)NC(=O)NCc1cc(C)n(-c2ccccc2OC)c1C. The molecular weight excluding hydrogens is 302 g/mol. The Morgan fingerprint density at radius 3 is 2.67 bits per heavy atom. The number of carbonyl (C=O) groups is 1. The standard InChI is InChI=1S/C19H27N3O2/c1-6-13(2)21-19(23)20-12-16-11-14(3)22(15(16)4)17-9-7-8-10-18(17)24-5/h7-11,13H,6,12H2,1-5H3,(H2,20,21,23). The number of rotatable bonds is 6. The fourth-order valence-corrected chi connectivity index (χ4v) is 2.75. The van der Waals surface area contributed by atoms with Gasteiger partial charge in [0.1, 0.15) is 5.75 Å². The Hall–Kier alpha value is -2.43. The number of para-hydroxylation sites is 2. The molecule has 0 saturated heterocycles. The molecule has 0 aliphatic carbocycles. The van der Waals surface area contributed by atoms with E-state index in [-0.39, 0.29) is 12.1 Å². The number of aryl methyl sites for hydroxylation is 1. The van der Waals surface area contributed by atoms with E-state index in [4.69, 9.17) is 4.74 Å². The van der Waals surface area contributed by atoms with Gasteiger partial charge in [0.25, 0.3) is 0 Å². The fourth-order valence-electron chi connectivity index (χ4n) is 2.75. The second-order valence-electron chi connectivity index (χ2n) is 6.04. The summed E-state index contributed by atoms with van der Waals surface area (Å²) in [4.78, 5) is 11.9. The van der Waals surface area contributed by atoms with Crippen LogP contribution < -0.4 is 15.4 Å². The number of methoxy groups -OCH3 is 1. The molecule has 0 aliphatic heterocycles. The number of amides is 2. The van der Waals surface area contributed by atoms with Crippen molar-refractivity contribution in [2.75, 3.05) is 7.11 Å². The molecule has 2 N–H and O–H groups in total. The van der Waals surface area contributed by atoms with Gasteiger partial charge in [-0.25, -0.2) is 4.79 Å². The molecule has 1 heterocycles. The minimum absolute atomic E-state index is 0.133. The zero-order chi connectivity index (χ0) is 17.7. The van der Waals surface area contributed by atoms with Crippen molar-refractivity contribution in [3.05, 3.63) is 47.3 Å². The maximum Gasteiger partial charge on any atom is 0.315 e. The van der Waals surface area contributed by atoms with Crippen LogP contribution in [0.15, 0.2) is 30.3 Å². The van der Waals surface area contributed by atoms with Crippen molar-refractivity contribution in [3.8, 4) is 11.4 Å². The molecule has 1 aromatic heterocycles. The Balaban J connectivity index is 2.19. The molecule has 2 aromatic rings. The van der Waals surface area contributed by atoms with Crippen molar-refractivity contribution in [1.29, 1.82) is 0 Å². The molecule has 0 aliphatic rings. The number of hydrogen-bond donors (Lipinski definition) is 2. The van der Waals surface area contributed by atoms with Crippen LogP contribution in [-0.2, 0) is 6.54 Å². The summed E-state index contributed by atoms with van der Waals surface area (Å²) in [7, 11) is 1.68. The Morgan fingerprint density at radius 1 is 1.29 bits per heavy atom. The maximum absolute atomic E-state index is 11.9. The summed E-state index contributed by atoms with van der Waals surface area (Å²) in [5.41, 5.74) is 4.31. The highest BCUT2D eigenvalue weighted by molar-refractivity contribution is 5.74. The van der Waals surface area contributed by atoms with Gasteiger partial charge < -0.3 is 19.9 Å². The molecule has 0 radical (unpaired) electrons. The summed E-state index contributed by atoms with van der Waals surface area (Å²) in [6.45, 7) is 8.65. The van der Waals surface area contributed by atoms with Crippen molar-refractivity contribution in [2.24, 2.45) is 0 Å². The van der Waals surface area contributed by atoms with E-state index >= 15 is 0 Å². The second-order valence-corrected chi connectivity index (χ2v) is 6.04. The highest BCUT2D eigenvalue weighted by Crippen LogP contribution is 2.27. The number of ether oxygens (including phenoxy) is 1. The molecule has 0 saturated carbocycles. The Morgan fingerprint density at radius 2 is 2.00 bits per heavy atom. The van der Waals surface area contributed by atoms with Crippen LogP contribution in [-0.4, -0.2) is 23.7 Å². The molecule has 130 valence electrons. The van der Waals surface area contributed by atoms with E-state index in [1.54, 1.807) is 7.11 Å². The van der Waals surface area contributed by atoms with Crippen LogP contribution in [0.25, 0.3) is 5.69 Å². The average molecular weight is 329 g/mol. The lowest BCUT2D eigenvalue weighted by atomic mass is 10.2. The van der Waals surface area contributed by atoms with Crippen LogP contribution in [0.3, 0.4) is 0 Å². The minimum atomic E-state index is -0.133. The first kappa shape index (κ1) is 17.9. The van der Waals surface area contributed by atoms with Gasteiger partial charge in [-0.15, -0.1) is 0 Å². The van der Waals surface area contributed by atoms with Crippen LogP contribution in [0.5, 0.6) is 5.75 Å². The van der Waals surface area contributed by atoms with Gasteiger partial charge in [0.15, 0.2) is 0 Å². The number of urea groups is 1. The van der Waals surface area contributed by atoms with Crippen LogP contribution >= 0.6 is 0 Å². The molecule has 5 heteroatoms. The number of aromatic nitrogens is 1. The van der Waals surface area contributed by atoms with Crippen LogP contribution in [0.2, 0.25) is 0 Å². The van der Waals surface area contributed by atoms with Crippen molar-refractivity contribution in [1.82, 2.24) is 15.2 Å². The van der Waals surface area contributed by atoms with Crippen molar-refractivity contribution < 1.29 is 9.53 Å². The van der Waals surface area contributed by atoms with Gasteiger partial charge in [-0.2, -0.15) is 0 Å². The Kier molecular flexibility index (Phi) is 5.90. The maximum atomic E-state index is 11.9. The lowest BCUT2D eigenvalue weighted by molar-refractivity contribution is 0.237.